The molecule has 152 valence electrons. The summed E-state index contributed by atoms with van der Waals surface area (Å²) in [6, 6.07) is 20.1. The number of carbonyl (C=O) groups is 1. The molecule has 29 heavy (non-hydrogen) atoms. The molecule has 0 saturated carbocycles. The topological polar surface area (TPSA) is 75.7 Å². The highest BCUT2D eigenvalue weighted by Gasteiger charge is 2.22. The molecule has 0 aliphatic rings. The van der Waals surface area contributed by atoms with E-state index in [0.29, 0.717) is 0 Å². The Balaban J connectivity index is 1.58. The molecule has 8 heteroatoms. The van der Waals surface area contributed by atoms with Gasteiger partial charge in [-0.25, -0.2) is 8.42 Å². The third kappa shape index (κ3) is 5.40. The van der Waals surface area contributed by atoms with Crippen molar-refractivity contribution in [2.45, 2.75) is 0 Å². The van der Waals surface area contributed by atoms with Crippen molar-refractivity contribution in [1.29, 1.82) is 0 Å². The molecule has 0 aliphatic carbocycles. The second-order valence-corrected chi connectivity index (χ2v) is 8.71. The van der Waals surface area contributed by atoms with Crippen molar-refractivity contribution in [3.63, 3.8) is 0 Å². The van der Waals surface area contributed by atoms with Crippen LogP contribution in [-0.4, -0.2) is 40.3 Å². The van der Waals surface area contributed by atoms with Crippen molar-refractivity contribution in [2.75, 3.05) is 30.3 Å². The van der Waals surface area contributed by atoms with E-state index in [-0.39, 0.29) is 30.4 Å². The van der Waals surface area contributed by atoms with Gasteiger partial charge < -0.3 is 10.1 Å². The summed E-state index contributed by atoms with van der Waals surface area (Å²) in [4.78, 5) is 12.3. The van der Waals surface area contributed by atoms with E-state index in [1.165, 1.54) is 0 Å². The first kappa shape index (κ1) is 21.0. The summed E-state index contributed by atoms with van der Waals surface area (Å²) in [5.41, 5.74) is 0.263. The molecule has 0 aromatic heterocycles. The number of benzene rings is 3. The molecule has 0 fully saturated rings. The summed E-state index contributed by atoms with van der Waals surface area (Å²) >= 11 is 6.09. The van der Waals surface area contributed by atoms with Gasteiger partial charge in [0.1, 0.15) is 18.9 Å². The van der Waals surface area contributed by atoms with Gasteiger partial charge in [-0.15, -0.1) is 0 Å². The Morgan fingerprint density at radius 1 is 1.03 bits per heavy atom. The monoisotopic (exact) mass is 432 g/mol. The van der Waals surface area contributed by atoms with Crippen LogP contribution in [-0.2, 0) is 14.8 Å². The second kappa shape index (κ2) is 9.15. The summed E-state index contributed by atoms with van der Waals surface area (Å²) in [7, 11) is -3.68. The Morgan fingerprint density at radius 2 is 1.72 bits per heavy atom. The van der Waals surface area contributed by atoms with Crippen LogP contribution >= 0.6 is 11.6 Å². The fourth-order valence-electron chi connectivity index (χ4n) is 2.89. The zero-order valence-electron chi connectivity index (χ0n) is 15.8. The van der Waals surface area contributed by atoms with Crippen LogP contribution < -0.4 is 14.4 Å². The van der Waals surface area contributed by atoms with Crippen LogP contribution in [0.15, 0.2) is 66.7 Å². The molecule has 0 atom stereocenters. The predicted octanol–water partition coefficient (Wildman–Crippen LogP) is 3.45. The number of fused-ring (bicyclic) bond motifs is 1. The lowest BCUT2D eigenvalue weighted by Gasteiger charge is -2.22. The van der Waals surface area contributed by atoms with Gasteiger partial charge in [-0.3, -0.25) is 9.10 Å². The van der Waals surface area contributed by atoms with E-state index in [9.17, 15) is 13.2 Å². The van der Waals surface area contributed by atoms with Gasteiger partial charge in [-0.05, 0) is 23.6 Å². The van der Waals surface area contributed by atoms with Crippen molar-refractivity contribution < 1.29 is 17.9 Å². The number of carbonyl (C=O) groups excluding carboxylic acids is 1. The number of nitrogens with one attached hydrogen (secondary N) is 1. The van der Waals surface area contributed by atoms with Gasteiger partial charge >= 0.3 is 0 Å². The van der Waals surface area contributed by atoms with E-state index < -0.39 is 15.9 Å². The largest absolute Gasteiger partial charge is 0.491 e. The summed E-state index contributed by atoms with van der Waals surface area (Å²) in [5, 5.41) is 4.99. The molecular formula is C21H21ClN2O4S. The highest BCUT2D eigenvalue weighted by molar-refractivity contribution is 7.92. The number of amides is 1. The van der Waals surface area contributed by atoms with Crippen LogP contribution in [0, 0.1) is 0 Å². The van der Waals surface area contributed by atoms with Crippen molar-refractivity contribution in [1.82, 2.24) is 5.32 Å². The number of rotatable bonds is 8. The Kier molecular flexibility index (Phi) is 6.61. The number of sulfonamides is 1. The number of hydrogen-bond acceptors (Lipinski definition) is 4. The predicted molar refractivity (Wildman–Crippen MR) is 116 cm³/mol. The molecule has 0 heterocycles. The molecule has 1 N–H and O–H groups in total. The lowest BCUT2D eigenvalue weighted by atomic mass is 10.1. The van der Waals surface area contributed by atoms with Crippen LogP contribution in [0.5, 0.6) is 5.75 Å². The molecule has 3 aromatic carbocycles. The Hall–Kier alpha value is -2.77. The molecule has 0 unspecified atom stereocenters. The number of ether oxygens (including phenoxy) is 1. The van der Waals surface area contributed by atoms with Gasteiger partial charge in [0, 0.05) is 5.39 Å². The van der Waals surface area contributed by atoms with E-state index in [1.807, 2.05) is 42.5 Å². The Morgan fingerprint density at radius 3 is 2.48 bits per heavy atom. The molecule has 3 rings (SSSR count). The number of anilines is 1. The summed E-state index contributed by atoms with van der Waals surface area (Å²) in [6.07, 6.45) is 1.03. The van der Waals surface area contributed by atoms with Gasteiger partial charge in [-0.1, -0.05) is 60.1 Å². The fourth-order valence-corrected chi connectivity index (χ4v) is 4.05. The van der Waals surface area contributed by atoms with Crippen LogP contribution in [0.25, 0.3) is 10.8 Å². The molecule has 0 spiro atoms. The average molecular weight is 433 g/mol. The molecule has 0 saturated heterocycles. The van der Waals surface area contributed by atoms with Gasteiger partial charge in [0.2, 0.25) is 15.9 Å². The third-order valence-corrected chi connectivity index (χ3v) is 5.69. The third-order valence-electron chi connectivity index (χ3n) is 4.24. The molecule has 1 amide bonds. The van der Waals surface area contributed by atoms with E-state index in [2.05, 4.69) is 5.32 Å². The lowest BCUT2D eigenvalue weighted by Crippen LogP contribution is -2.41. The smallest absolute Gasteiger partial charge is 0.240 e. The normalized spacial score (nSPS) is 11.2. The minimum atomic E-state index is -3.68. The van der Waals surface area contributed by atoms with Crippen LogP contribution in [0.1, 0.15) is 0 Å². The Bertz CT molecular complexity index is 1110. The number of halogens is 1. The summed E-state index contributed by atoms with van der Waals surface area (Å²) in [5.74, 6) is 0.281. The number of para-hydroxylation sites is 1. The van der Waals surface area contributed by atoms with E-state index >= 15 is 0 Å². The SMILES string of the molecule is CS(=O)(=O)N(CC(=O)NCCOc1cccc2ccccc12)c1ccccc1Cl. The van der Waals surface area contributed by atoms with Crippen molar-refractivity contribution in [3.05, 3.63) is 71.8 Å². The lowest BCUT2D eigenvalue weighted by molar-refractivity contribution is -0.119. The zero-order valence-corrected chi connectivity index (χ0v) is 17.4. The van der Waals surface area contributed by atoms with Gasteiger partial charge in [0.05, 0.1) is 23.5 Å². The van der Waals surface area contributed by atoms with E-state index in [4.69, 9.17) is 16.3 Å². The Labute approximate surface area is 175 Å². The van der Waals surface area contributed by atoms with Crippen molar-refractivity contribution in [2.24, 2.45) is 0 Å². The maximum atomic E-state index is 12.3. The standard InChI is InChI=1S/C21H21ClN2O4S/c1-29(26,27)24(19-11-5-4-10-18(19)22)15-21(25)23-13-14-28-20-12-6-8-16-7-2-3-9-17(16)20/h2-12H,13-15H2,1H3,(H,23,25). The quantitative estimate of drug-likeness (QED) is 0.553. The minimum Gasteiger partial charge on any atom is -0.491 e. The van der Waals surface area contributed by atoms with Gasteiger partial charge in [-0.2, -0.15) is 0 Å². The molecule has 0 aliphatic heterocycles. The van der Waals surface area contributed by atoms with Crippen LogP contribution in [0.4, 0.5) is 5.69 Å². The van der Waals surface area contributed by atoms with Crippen LogP contribution in [0.2, 0.25) is 5.02 Å². The average Bonchev–Trinajstić information content (AvgIpc) is 2.69. The van der Waals surface area contributed by atoms with E-state index in [0.717, 1.165) is 27.1 Å². The summed E-state index contributed by atoms with van der Waals surface area (Å²) in [6.45, 7) is 0.129. The maximum absolute atomic E-state index is 12.3. The fraction of sp³-hybridized carbons (Fsp3) is 0.190. The first-order chi connectivity index (χ1) is 13.9. The number of nitrogens with zero attached hydrogens (tertiary/aromatic N) is 1. The molecule has 0 radical (unpaired) electrons. The number of hydrogen-bond donors (Lipinski definition) is 1. The first-order valence-corrected chi connectivity index (χ1v) is 11.2. The second-order valence-electron chi connectivity index (χ2n) is 6.40. The first-order valence-electron chi connectivity index (χ1n) is 8.96. The molecule has 6 nitrogen and oxygen atoms in total. The van der Waals surface area contributed by atoms with Gasteiger partial charge in [0.25, 0.3) is 0 Å². The summed E-state index contributed by atoms with van der Waals surface area (Å²) < 4.78 is 31.0. The van der Waals surface area contributed by atoms with Crippen molar-refractivity contribution in [3.8, 4) is 5.75 Å². The molecule has 3 aromatic rings. The van der Waals surface area contributed by atoms with Crippen molar-refractivity contribution >= 4 is 44.0 Å². The van der Waals surface area contributed by atoms with Crippen LogP contribution in [0.3, 0.4) is 0 Å². The van der Waals surface area contributed by atoms with E-state index in [1.54, 1.807) is 24.3 Å². The van der Waals surface area contributed by atoms with Gasteiger partial charge in [0.15, 0.2) is 0 Å². The highest BCUT2D eigenvalue weighted by atomic mass is 35.5. The maximum Gasteiger partial charge on any atom is 0.240 e. The minimum absolute atomic E-state index is 0.238. The highest BCUT2D eigenvalue weighted by Crippen LogP contribution is 2.27. The zero-order chi connectivity index (χ0) is 20.9. The molecule has 0 bridgehead atoms. The molecular weight excluding hydrogens is 412 g/mol.